The second kappa shape index (κ2) is 9.22. The number of aromatic nitrogens is 1. The molecule has 0 saturated heterocycles. The Morgan fingerprint density at radius 2 is 2.08 bits per heavy atom. The molecule has 7 heteroatoms. The van der Waals surface area contributed by atoms with Crippen molar-refractivity contribution in [2.24, 2.45) is 0 Å². The minimum Gasteiger partial charge on any atom is -0.476 e. The zero-order chi connectivity index (χ0) is 18.2. The fraction of sp³-hybridized carbons (Fsp3) is 0.588. The standard InChI is InChI=1S/C17H27N3O4/c1-6-8-17(2,16(22)23-5)19-15(21)13-7-9-18-14(12-13)24-11-10-20(3)4/h7,9,12H,6,8,10-11H2,1-5H3,(H,19,21). The van der Waals surface area contributed by atoms with Crippen LogP contribution in [0.3, 0.4) is 0 Å². The Bertz CT molecular complexity index is 563. The summed E-state index contributed by atoms with van der Waals surface area (Å²) in [7, 11) is 5.20. The number of ether oxygens (including phenoxy) is 2. The van der Waals surface area contributed by atoms with Crippen LogP contribution in [0.4, 0.5) is 0 Å². The zero-order valence-corrected chi connectivity index (χ0v) is 15.1. The molecule has 1 amide bonds. The molecule has 0 fully saturated rings. The first-order valence-corrected chi connectivity index (χ1v) is 7.97. The Balaban J connectivity index is 2.81. The Labute approximate surface area is 143 Å². The van der Waals surface area contributed by atoms with Crippen LogP contribution in [-0.4, -0.2) is 61.7 Å². The average Bonchev–Trinajstić information content (AvgIpc) is 2.54. The zero-order valence-electron chi connectivity index (χ0n) is 15.1. The quantitative estimate of drug-likeness (QED) is 0.688. The molecule has 134 valence electrons. The van der Waals surface area contributed by atoms with Gasteiger partial charge in [0.15, 0.2) is 0 Å². The lowest BCUT2D eigenvalue weighted by atomic mass is 9.95. The second-order valence-electron chi connectivity index (χ2n) is 6.06. The molecule has 1 heterocycles. The van der Waals surface area contributed by atoms with Gasteiger partial charge in [0, 0.05) is 24.4 Å². The van der Waals surface area contributed by atoms with Gasteiger partial charge in [-0.1, -0.05) is 13.3 Å². The molecule has 0 aliphatic heterocycles. The highest BCUT2D eigenvalue weighted by Crippen LogP contribution is 2.17. The van der Waals surface area contributed by atoms with E-state index in [9.17, 15) is 9.59 Å². The van der Waals surface area contributed by atoms with E-state index in [0.717, 1.165) is 13.0 Å². The van der Waals surface area contributed by atoms with Crippen LogP contribution in [0.1, 0.15) is 37.0 Å². The summed E-state index contributed by atoms with van der Waals surface area (Å²) in [5.41, 5.74) is -0.674. The minimum atomic E-state index is -1.06. The summed E-state index contributed by atoms with van der Waals surface area (Å²) in [6.45, 7) is 4.82. The maximum absolute atomic E-state index is 12.5. The van der Waals surface area contributed by atoms with Crippen molar-refractivity contribution in [2.75, 3.05) is 34.4 Å². The van der Waals surface area contributed by atoms with Crippen LogP contribution in [0.15, 0.2) is 18.3 Å². The van der Waals surface area contributed by atoms with Crippen molar-refractivity contribution in [3.63, 3.8) is 0 Å². The average molecular weight is 337 g/mol. The molecule has 1 rings (SSSR count). The molecule has 0 aromatic carbocycles. The van der Waals surface area contributed by atoms with Gasteiger partial charge in [-0.3, -0.25) is 4.79 Å². The summed E-state index contributed by atoms with van der Waals surface area (Å²) in [6.07, 6.45) is 2.74. The van der Waals surface area contributed by atoms with Crippen molar-refractivity contribution in [2.45, 2.75) is 32.2 Å². The molecule has 24 heavy (non-hydrogen) atoms. The van der Waals surface area contributed by atoms with Crippen LogP contribution < -0.4 is 10.1 Å². The Kier molecular flexibility index (Phi) is 7.64. The van der Waals surface area contributed by atoms with E-state index in [2.05, 4.69) is 10.3 Å². The van der Waals surface area contributed by atoms with Gasteiger partial charge in [-0.15, -0.1) is 0 Å². The number of rotatable bonds is 9. The molecule has 1 unspecified atom stereocenters. The van der Waals surface area contributed by atoms with E-state index in [-0.39, 0.29) is 5.91 Å². The maximum atomic E-state index is 12.5. The molecule has 0 radical (unpaired) electrons. The monoisotopic (exact) mass is 337 g/mol. The molecule has 1 aromatic heterocycles. The molecule has 0 aliphatic rings. The van der Waals surface area contributed by atoms with Gasteiger partial charge in [-0.25, -0.2) is 9.78 Å². The number of methoxy groups -OCH3 is 1. The summed E-state index contributed by atoms with van der Waals surface area (Å²) >= 11 is 0. The van der Waals surface area contributed by atoms with Crippen LogP contribution in [0, 0.1) is 0 Å². The number of likely N-dealkylation sites (N-methyl/N-ethyl adjacent to an activating group) is 1. The van der Waals surface area contributed by atoms with Gasteiger partial charge in [-0.05, 0) is 33.5 Å². The first kappa shape index (κ1) is 19.9. The van der Waals surface area contributed by atoms with E-state index in [1.807, 2.05) is 25.9 Å². The van der Waals surface area contributed by atoms with Gasteiger partial charge in [0.25, 0.3) is 5.91 Å². The maximum Gasteiger partial charge on any atom is 0.331 e. The lowest BCUT2D eigenvalue weighted by molar-refractivity contribution is -0.147. The van der Waals surface area contributed by atoms with Gasteiger partial charge in [0.1, 0.15) is 12.1 Å². The molecular weight excluding hydrogens is 310 g/mol. The number of amides is 1. The van der Waals surface area contributed by atoms with Gasteiger partial charge in [-0.2, -0.15) is 0 Å². The van der Waals surface area contributed by atoms with Crippen LogP contribution in [0.25, 0.3) is 0 Å². The number of carbonyl (C=O) groups excluding carboxylic acids is 2. The topological polar surface area (TPSA) is 80.8 Å². The smallest absolute Gasteiger partial charge is 0.331 e. The highest BCUT2D eigenvalue weighted by atomic mass is 16.5. The first-order chi connectivity index (χ1) is 11.3. The van der Waals surface area contributed by atoms with Crippen molar-refractivity contribution in [1.82, 2.24) is 15.2 Å². The lowest BCUT2D eigenvalue weighted by Gasteiger charge is -2.27. The normalized spacial score (nSPS) is 13.2. The van der Waals surface area contributed by atoms with Crippen molar-refractivity contribution >= 4 is 11.9 Å². The summed E-state index contributed by atoms with van der Waals surface area (Å²) < 4.78 is 10.3. The van der Waals surface area contributed by atoms with Crippen molar-refractivity contribution in [1.29, 1.82) is 0 Å². The van der Waals surface area contributed by atoms with Gasteiger partial charge < -0.3 is 19.7 Å². The largest absolute Gasteiger partial charge is 0.476 e. The molecular formula is C17H27N3O4. The third kappa shape index (κ3) is 5.81. The number of hydrogen-bond acceptors (Lipinski definition) is 6. The number of nitrogens with one attached hydrogen (secondary N) is 1. The molecule has 0 bridgehead atoms. The van der Waals surface area contributed by atoms with E-state index in [1.54, 1.807) is 19.1 Å². The van der Waals surface area contributed by atoms with E-state index in [1.165, 1.54) is 13.3 Å². The summed E-state index contributed by atoms with van der Waals surface area (Å²) in [5.74, 6) is -0.454. The fourth-order valence-electron chi connectivity index (χ4n) is 2.23. The highest BCUT2D eigenvalue weighted by molar-refractivity contribution is 5.98. The summed E-state index contributed by atoms with van der Waals surface area (Å²) in [5, 5.41) is 2.76. The molecule has 1 N–H and O–H groups in total. The van der Waals surface area contributed by atoms with Crippen LogP contribution in [0.5, 0.6) is 5.88 Å². The van der Waals surface area contributed by atoms with Crippen LogP contribution in [-0.2, 0) is 9.53 Å². The number of esters is 1. The van der Waals surface area contributed by atoms with E-state index >= 15 is 0 Å². The first-order valence-electron chi connectivity index (χ1n) is 7.97. The predicted molar refractivity (Wildman–Crippen MR) is 91.1 cm³/mol. The van der Waals surface area contributed by atoms with E-state index in [4.69, 9.17) is 9.47 Å². The molecule has 0 spiro atoms. The van der Waals surface area contributed by atoms with E-state index < -0.39 is 11.5 Å². The number of carbonyl (C=O) groups is 2. The van der Waals surface area contributed by atoms with Crippen molar-refractivity contribution < 1.29 is 19.1 Å². The second-order valence-corrected chi connectivity index (χ2v) is 6.06. The predicted octanol–water partition coefficient (Wildman–Crippen LogP) is 1.48. The summed E-state index contributed by atoms with van der Waals surface area (Å²) in [4.78, 5) is 30.5. The SMILES string of the molecule is CCCC(C)(NC(=O)c1ccnc(OCCN(C)C)c1)C(=O)OC. The number of hydrogen-bond donors (Lipinski definition) is 1. The van der Waals surface area contributed by atoms with Crippen molar-refractivity contribution in [3.8, 4) is 5.88 Å². The minimum absolute atomic E-state index is 0.365. The van der Waals surface area contributed by atoms with Crippen molar-refractivity contribution in [3.05, 3.63) is 23.9 Å². The van der Waals surface area contributed by atoms with Gasteiger partial charge >= 0.3 is 5.97 Å². The summed E-state index contributed by atoms with van der Waals surface area (Å²) in [6, 6.07) is 3.15. The van der Waals surface area contributed by atoms with Crippen LogP contribution in [0.2, 0.25) is 0 Å². The third-order valence-electron chi connectivity index (χ3n) is 3.56. The Morgan fingerprint density at radius 3 is 2.67 bits per heavy atom. The lowest BCUT2D eigenvalue weighted by Crippen LogP contribution is -2.52. The van der Waals surface area contributed by atoms with Crippen LogP contribution >= 0.6 is 0 Å². The third-order valence-corrected chi connectivity index (χ3v) is 3.56. The van der Waals surface area contributed by atoms with Gasteiger partial charge in [0.05, 0.1) is 7.11 Å². The number of pyridine rings is 1. The highest BCUT2D eigenvalue weighted by Gasteiger charge is 2.35. The number of nitrogens with zero attached hydrogens (tertiary/aromatic N) is 2. The van der Waals surface area contributed by atoms with Gasteiger partial charge in [0.2, 0.25) is 5.88 Å². The molecule has 0 aliphatic carbocycles. The molecule has 1 aromatic rings. The molecule has 7 nitrogen and oxygen atoms in total. The Morgan fingerprint density at radius 1 is 1.38 bits per heavy atom. The Hall–Kier alpha value is -2.15. The molecule has 0 saturated carbocycles. The van der Waals surface area contributed by atoms with E-state index in [0.29, 0.717) is 24.5 Å². The molecule has 1 atom stereocenters. The fourth-order valence-corrected chi connectivity index (χ4v) is 2.23.